The zero-order chi connectivity index (χ0) is 23.9. The zero-order valence-corrected chi connectivity index (χ0v) is 18.3. The van der Waals surface area contributed by atoms with E-state index < -0.39 is 42.9 Å². The van der Waals surface area contributed by atoms with E-state index in [4.69, 9.17) is 29.2 Å². The van der Waals surface area contributed by atoms with Gasteiger partial charge < -0.3 is 28.8 Å². The molecule has 2 saturated heterocycles. The van der Waals surface area contributed by atoms with Crippen molar-refractivity contribution in [3.05, 3.63) is 94.4 Å². The molecule has 0 amide bonds. The third-order valence-electron chi connectivity index (χ3n) is 5.56. The molecule has 178 valence electrons. The fourth-order valence-electron chi connectivity index (χ4n) is 3.91. The van der Waals surface area contributed by atoms with Crippen LogP contribution in [0.3, 0.4) is 0 Å². The predicted octanol–water partition coefficient (Wildman–Crippen LogP) is 3.42. The molecule has 2 heterocycles. The van der Waals surface area contributed by atoms with E-state index in [9.17, 15) is 9.90 Å². The Morgan fingerprint density at radius 1 is 1.21 bits per heavy atom. The van der Waals surface area contributed by atoms with E-state index in [1.54, 1.807) is 24.3 Å². The fourth-order valence-corrected chi connectivity index (χ4v) is 3.91. The summed E-state index contributed by atoms with van der Waals surface area (Å²) in [5.74, 6) is -0.517. The van der Waals surface area contributed by atoms with Crippen LogP contribution in [0.15, 0.2) is 72.4 Å². The van der Waals surface area contributed by atoms with Gasteiger partial charge in [0.2, 0.25) is 0 Å². The summed E-state index contributed by atoms with van der Waals surface area (Å²) in [5.41, 5.74) is 10.7. The lowest BCUT2D eigenvalue weighted by Crippen LogP contribution is -2.61. The molecule has 2 aromatic rings. The molecule has 0 saturated carbocycles. The molecule has 2 aromatic carbocycles. The normalized spacial score (nSPS) is 28.3. The minimum absolute atomic E-state index is 0.0417. The van der Waals surface area contributed by atoms with Crippen molar-refractivity contribution in [2.75, 3.05) is 13.2 Å². The van der Waals surface area contributed by atoms with Crippen LogP contribution < -0.4 is 0 Å². The number of azide groups is 1. The van der Waals surface area contributed by atoms with Gasteiger partial charge in [0.05, 0.1) is 24.9 Å². The number of rotatable bonds is 8. The van der Waals surface area contributed by atoms with E-state index in [1.807, 2.05) is 30.3 Å². The number of ether oxygens (including phenoxy) is 5. The first-order chi connectivity index (χ1) is 16.6. The molecule has 10 nitrogen and oxygen atoms in total. The summed E-state index contributed by atoms with van der Waals surface area (Å²) in [6, 6.07) is 15.0. The summed E-state index contributed by atoms with van der Waals surface area (Å²) in [7, 11) is 0. The van der Waals surface area contributed by atoms with Crippen LogP contribution in [-0.4, -0.2) is 54.9 Å². The van der Waals surface area contributed by atoms with Crippen LogP contribution in [0.4, 0.5) is 0 Å². The summed E-state index contributed by atoms with van der Waals surface area (Å²) in [6.45, 7) is 3.72. The second kappa shape index (κ2) is 11.3. The summed E-state index contributed by atoms with van der Waals surface area (Å²) in [5, 5.41) is 14.7. The lowest BCUT2D eigenvalue weighted by atomic mass is 9.96. The predicted molar refractivity (Wildman–Crippen MR) is 119 cm³/mol. The van der Waals surface area contributed by atoms with Gasteiger partial charge in [0.1, 0.15) is 24.9 Å². The number of benzene rings is 2. The number of carbonyl (C=O) groups excluding carboxylic acids is 1. The highest BCUT2D eigenvalue weighted by atomic mass is 16.7. The average Bonchev–Trinajstić information content (AvgIpc) is 2.88. The molecular formula is C24H25N3O7. The van der Waals surface area contributed by atoms with Gasteiger partial charge in [-0.1, -0.05) is 66.3 Å². The van der Waals surface area contributed by atoms with Crippen LogP contribution in [-0.2, 0) is 30.3 Å². The van der Waals surface area contributed by atoms with Crippen molar-refractivity contribution in [3.63, 3.8) is 0 Å². The van der Waals surface area contributed by atoms with E-state index in [0.29, 0.717) is 11.1 Å². The van der Waals surface area contributed by atoms with Crippen molar-refractivity contribution >= 4 is 5.97 Å². The van der Waals surface area contributed by atoms with Crippen LogP contribution in [0.25, 0.3) is 10.4 Å². The van der Waals surface area contributed by atoms with Crippen molar-refractivity contribution in [1.29, 1.82) is 0 Å². The van der Waals surface area contributed by atoms with Crippen molar-refractivity contribution < 1.29 is 33.6 Å². The maximum Gasteiger partial charge on any atom is 0.338 e. The minimum atomic E-state index is -1.19. The van der Waals surface area contributed by atoms with Crippen molar-refractivity contribution in [2.45, 2.75) is 43.5 Å². The zero-order valence-electron chi connectivity index (χ0n) is 18.3. The fraction of sp³-hybridized carbons (Fsp3) is 0.375. The Kier molecular flexibility index (Phi) is 7.91. The number of carbonyl (C=O) groups is 1. The van der Waals surface area contributed by atoms with Gasteiger partial charge in [-0.2, -0.15) is 0 Å². The van der Waals surface area contributed by atoms with Crippen LogP contribution in [0, 0.1) is 0 Å². The number of hydrogen-bond donors (Lipinski definition) is 1. The Morgan fingerprint density at radius 3 is 2.74 bits per heavy atom. The van der Waals surface area contributed by atoms with Gasteiger partial charge in [0, 0.05) is 10.5 Å². The molecule has 1 unspecified atom stereocenters. The van der Waals surface area contributed by atoms with Gasteiger partial charge in [-0.05, 0) is 17.2 Å². The molecule has 2 aliphatic rings. The highest BCUT2D eigenvalue weighted by Gasteiger charge is 2.49. The molecule has 2 fully saturated rings. The molecule has 10 heteroatoms. The summed E-state index contributed by atoms with van der Waals surface area (Å²) in [4.78, 5) is 15.2. The second-order valence-electron chi connectivity index (χ2n) is 7.76. The first-order valence-corrected chi connectivity index (χ1v) is 10.8. The van der Waals surface area contributed by atoms with Crippen molar-refractivity contribution in [3.8, 4) is 0 Å². The van der Waals surface area contributed by atoms with E-state index in [-0.39, 0.29) is 19.8 Å². The van der Waals surface area contributed by atoms with E-state index in [1.165, 1.54) is 6.08 Å². The highest BCUT2D eigenvalue weighted by molar-refractivity contribution is 5.91. The first-order valence-electron chi connectivity index (χ1n) is 10.8. The first kappa shape index (κ1) is 23.9. The Bertz CT molecular complexity index is 1040. The lowest BCUT2D eigenvalue weighted by molar-refractivity contribution is -0.343. The van der Waals surface area contributed by atoms with Gasteiger partial charge >= 0.3 is 5.97 Å². The number of hydrogen-bond acceptors (Lipinski definition) is 8. The van der Waals surface area contributed by atoms with Gasteiger partial charge in [-0.3, -0.25) is 0 Å². The maximum absolute atomic E-state index is 12.3. The summed E-state index contributed by atoms with van der Waals surface area (Å²) in [6.07, 6.45) is -2.90. The molecule has 2 aliphatic heterocycles. The number of aliphatic hydroxyl groups is 1. The molecule has 0 radical (unpaired) electrons. The number of aliphatic hydroxyl groups excluding tert-OH is 1. The molecule has 0 aromatic heterocycles. The Morgan fingerprint density at radius 2 is 1.97 bits per heavy atom. The van der Waals surface area contributed by atoms with Crippen molar-refractivity contribution in [1.82, 2.24) is 0 Å². The van der Waals surface area contributed by atoms with E-state index >= 15 is 0 Å². The smallest absolute Gasteiger partial charge is 0.338 e. The maximum atomic E-state index is 12.3. The SMILES string of the molecule is C=CCOC(=O)c1ccccc1CO[C@H]1O[C@@H]2COC(c3ccccc3)O[C@H]2[C@H](O)[C@H]1N=[N+]=[N-]. The minimum Gasteiger partial charge on any atom is -0.458 e. The summed E-state index contributed by atoms with van der Waals surface area (Å²) >= 11 is 0. The Balaban J connectivity index is 1.47. The monoisotopic (exact) mass is 467 g/mol. The van der Waals surface area contributed by atoms with Crippen molar-refractivity contribution in [2.24, 2.45) is 5.11 Å². The van der Waals surface area contributed by atoms with Gasteiger partial charge in [0.15, 0.2) is 12.6 Å². The van der Waals surface area contributed by atoms with Crippen LogP contribution in [0.2, 0.25) is 0 Å². The molecule has 0 bridgehead atoms. The topological polar surface area (TPSA) is 132 Å². The number of fused-ring (bicyclic) bond motifs is 1. The standard InChI is InChI=1S/C24H25N3O7/c1-2-12-30-22(29)17-11-7-6-10-16(17)13-31-24-19(26-27-25)20(28)21-18(33-24)14-32-23(34-21)15-8-4-3-5-9-15/h2-11,18-21,23-24,28H,1,12-14H2/t18-,19-,20-,21-,23?,24+/m1/s1. The van der Waals surface area contributed by atoms with E-state index in [0.717, 1.165) is 5.56 Å². The lowest BCUT2D eigenvalue weighted by Gasteiger charge is -2.46. The Hall–Kier alpha value is -3.24. The largest absolute Gasteiger partial charge is 0.458 e. The molecule has 1 N–H and O–H groups in total. The average molecular weight is 467 g/mol. The van der Waals surface area contributed by atoms with Gasteiger partial charge in [0.25, 0.3) is 0 Å². The summed E-state index contributed by atoms with van der Waals surface area (Å²) < 4.78 is 28.7. The number of esters is 1. The molecule has 6 atom stereocenters. The third-order valence-corrected chi connectivity index (χ3v) is 5.56. The highest BCUT2D eigenvalue weighted by Crippen LogP contribution is 2.35. The molecule has 0 aliphatic carbocycles. The molecule has 4 rings (SSSR count). The quantitative estimate of drug-likeness (QED) is 0.207. The van der Waals surface area contributed by atoms with E-state index in [2.05, 4.69) is 16.6 Å². The van der Waals surface area contributed by atoms with Gasteiger partial charge in [-0.15, -0.1) is 0 Å². The third kappa shape index (κ3) is 5.28. The van der Waals surface area contributed by atoms with Gasteiger partial charge in [-0.25, -0.2) is 4.79 Å². The Labute approximate surface area is 196 Å². The van der Waals surface area contributed by atoms with Crippen LogP contribution in [0.1, 0.15) is 27.8 Å². The number of nitrogens with zero attached hydrogens (tertiary/aromatic N) is 3. The molecular weight excluding hydrogens is 442 g/mol. The van der Waals surface area contributed by atoms with Crippen LogP contribution in [0.5, 0.6) is 0 Å². The molecule has 0 spiro atoms. The molecule has 34 heavy (non-hydrogen) atoms. The second-order valence-corrected chi connectivity index (χ2v) is 7.76. The van der Waals surface area contributed by atoms with Crippen LogP contribution >= 0.6 is 0 Å².